The minimum atomic E-state index is -4.42. The molecule has 39 heavy (non-hydrogen) atoms. The molecule has 0 bridgehead atoms. The van der Waals surface area contributed by atoms with Gasteiger partial charge in [0.05, 0.1) is 17.1 Å². The van der Waals surface area contributed by atoms with Crippen molar-refractivity contribution in [1.29, 1.82) is 0 Å². The van der Waals surface area contributed by atoms with Crippen LogP contribution in [0.5, 0.6) is 0 Å². The molecular formula is C26H28BF4N5O3. The monoisotopic (exact) mass is 545 g/mol. The fourth-order valence-corrected chi connectivity index (χ4v) is 4.48. The Labute approximate surface area is 223 Å². The third-order valence-electron chi connectivity index (χ3n) is 7.55. The van der Waals surface area contributed by atoms with E-state index in [0.717, 1.165) is 4.90 Å². The molecule has 13 heteroatoms. The molecule has 2 aliphatic rings. The number of aromatic nitrogens is 3. The number of alkyl halides is 3. The van der Waals surface area contributed by atoms with Crippen molar-refractivity contribution >= 4 is 35.8 Å². The normalized spacial score (nSPS) is 20.6. The van der Waals surface area contributed by atoms with Crippen LogP contribution >= 0.6 is 0 Å². The highest BCUT2D eigenvalue weighted by molar-refractivity contribution is 6.62. The Balaban J connectivity index is 1.29. The fourth-order valence-electron chi connectivity index (χ4n) is 4.48. The van der Waals surface area contributed by atoms with Gasteiger partial charge in [-0.05, 0) is 64.1 Å². The first-order valence-corrected chi connectivity index (χ1v) is 12.5. The molecular weight excluding hydrogens is 517 g/mol. The summed E-state index contributed by atoms with van der Waals surface area (Å²) in [6, 6.07) is 11.0. The number of hydrogen-bond donors (Lipinski definition) is 1. The van der Waals surface area contributed by atoms with Gasteiger partial charge in [0.1, 0.15) is 5.82 Å². The summed E-state index contributed by atoms with van der Waals surface area (Å²) in [6.45, 7) is 7.19. The number of aryl methyl sites for hydroxylation is 1. The van der Waals surface area contributed by atoms with E-state index in [4.69, 9.17) is 9.31 Å². The van der Waals surface area contributed by atoms with Crippen molar-refractivity contribution in [2.45, 2.75) is 51.5 Å². The zero-order valence-electron chi connectivity index (χ0n) is 22.1. The van der Waals surface area contributed by atoms with Crippen LogP contribution in [0.2, 0.25) is 0 Å². The lowest BCUT2D eigenvalue weighted by Crippen LogP contribution is -2.41. The summed E-state index contributed by atoms with van der Waals surface area (Å²) in [6.07, 6.45) is -4.97. The van der Waals surface area contributed by atoms with E-state index in [2.05, 4.69) is 15.4 Å². The number of anilines is 3. The highest BCUT2D eigenvalue weighted by Gasteiger charge is 2.52. The van der Waals surface area contributed by atoms with Crippen molar-refractivity contribution in [3.05, 3.63) is 48.3 Å². The Morgan fingerprint density at radius 2 is 1.69 bits per heavy atom. The molecule has 1 unspecified atom stereocenters. The standard InChI is InChI=1S/C26H28BF4N5O3/c1-24(2)25(3,4)39-27(38-24)19-11-8-17(13-20(19)28)32-23-33-22(34-35(23)5)15-6-9-18(10-7-15)36-14-16(12-21(36)37)26(29,30)31/h6-11,13,16H,12,14H2,1-5H3,(H,32,33,34). The second-order valence-corrected chi connectivity index (χ2v) is 10.8. The summed E-state index contributed by atoms with van der Waals surface area (Å²) in [4.78, 5) is 17.7. The number of benzene rings is 2. The second-order valence-electron chi connectivity index (χ2n) is 10.8. The van der Waals surface area contributed by atoms with Crippen LogP contribution in [0.4, 0.5) is 34.9 Å². The van der Waals surface area contributed by atoms with Crippen LogP contribution in [0.1, 0.15) is 34.1 Å². The van der Waals surface area contributed by atoms with Gasteiger partial charge < -0.3 is 19.5 Å². The first-order valence-electron chi connectivity index (χ1n) is 12.5. The van der Waals surface area contributed by atoms with E-state index in [-0.39, 0.29) is 5.46 Å². The SMILES string of the molecule is Cn1nc(-c2ccc(N3CC(C(F)(F)F)CC3=O)cc2)nc1Nc1ccc(B2OC(C)(C)C(C)(C)O2)c(F)c1. The number of amides is 1. The van der Waals surface area contributed by atoms with Crippen molar-refractivity contribution in [2.75, 3.05) is 16.8 Å². The molecule has 3 aromatic rings. The lowest BCUT2D eigenvalue weighted by atomic mass is 9.78. The molecule has 0 aliphatic carbocycles. The molecule has 2 aromatic carbocycles. The molecule has 206 valence electrons. The maximum atomic E-state index is 15.0. The number of nitrogens with one attached hydrogen (secondary N) is 1. The fraction of sp³-hybridized carbons (Fsp3) is 0.423. The molecule has 0 saturated carbocycles. The summed E-state index contributed by atoms with van der Waals surface area (Å²) >= 11 is 0. The van der Waals surface area contributed by atoms with Gasteiger partial charge in [-0.3, -0.25) is 4.79 Å². The van der Waals surface area contributed by atoms with Crippen molar-refractivity contribution in [2.24, 2.45) is 13.0 Å². The number of carbonyl (C=O) groups excluding carboxylic acids is 1. The number of halogens is 4. The van der Waals surface area contributed by atoms with Crippen molar-refractivity contribution in [3.8, 4) is 11.4 Å². The Morgan fingerprint density at radius 1 is 1.05 bits per heavy atom. The Bertz CT molecular complexity index is 1390. The first kappa shape index (κ1) is 27.1. The van der Waals surface area contributed by atoms with Crippen molar-refractivity contribution in [1.82, 2.24) is 14.8 Å². The van der Waals surface area contributed by atoms with E-state index in [1.807, 2.05) is 27.7 Å². The minimum Gasteiger partial charge on any atom is -0.399 e. The van der Waals surface area contributed by atoms with Gasteiger partial charge >= 0.3 is 13.3 Å². The number of carbonyl (C=O) groups is 1. The first-order chi connectivity index (χ1) is 18.1. The predicted molar refractivity (Wildman–Crippen MR) is 138 cm³/mol. The summed E-state index contributed by atoms with van der Waals surface area (Å²) < 4.78 is 67.5. The number of nitrogens with zero attached hydrogens (tertiary/aromatic N) is 4. The molecule has 1 N–H and O–H groups in total. The molecule has 5 rings (SSSR count). The molecule has 8 nitrogen and oxygen atoms in total. The van der Waals surface area contributed by atoms with Gasteiger partial charge in [0.15, 0.2) is 5.82 Å². The Kier molecular flexibility index (Phi) is 6.50. The lowest BCUT2D eigenvalue weighted by Gasteiger charge is -2.32. The molecule has 3 heterocycles. The van der Waals surface area contributed by atoms with Crippen molar-refractivity contribution in [3.63, 3.8) is 0 Å². The summed E-state index contributed by atoms with van der Waals surface area (Å²) in [7, 11) is 0.839. The highest BCUT2D eigenvalue weighted by Crippen LogP contribution is 2.38. The molecule has 1 amide bonds. The van der Waals surface area contributed by atoms with E-state index in [1.165, 1.54) is 10.7 Å². The smallest absolute Gasteiger partial charge is 0.399 e. The van der Waals surface area contributed by atoms with Gasteiger partial charge in [-0.1, -0.05) is 6.07 Å². The van der Waals surface area contributed by atoms with Crippen LogP contribution in [-0.2, 0) is 21.2 Å². The zero-order chi connectivity index (χ0) is 28.3. The van der Waals surface area contributed by atoms with Gasteiger partial charge in [0.25, 0.3) is 0 Å². The van der Waals surface area contributed by atoms with Gasteiger partial charge in [-0.2, -0.15) is 18.2 Å². The van der Waals surface area contributed by atoms with E-state index in [1.54, 1.807) is 43.4 Å². The second kappa shape index (κ2) is 9.34. The molecule has 2 fully saturated rings. The Morgan fingerprint density at radius 3 is 2.26 bits per heavy atom. The van der Waals surface area contributed by atoms with E-state index < -0.39 is 55.1 Å². The van der Waals surface area contributed by atoms with E-state index >= 15 is 4.39 Å². The largest absolute Gasteiger partial charge is 0.497 e. The lowest BCUT2D eigenvalue weighted by molar-refractivity contribution is -0.169. The summed E-state index contributed by atoms with van der Waals surface area (Å²) in [5.41, 5.74) is 0.520. The van der Waals surface area contributed by atoms with Gasteiger partial charge in [0, 0.05) is 42.4 Å². The van der Waals surface area contributed by atoms with Crippen LogP contribution < -0.4 is 15.7 Å². The third kappa shape index (κ3) is 5.12. The molecule has 1 aromatic heterocycles. The van der Waals surface area contributed by atoms with Gasteiger partial charge in [-0.15, -0.1) is 5.10 Å². The van der Waals surface area contributed by atoms with Gasteiger partial charge in [-0.25, -0.2) is 9.07 Å². The average Bonchev–Trinajstić information content (AvgIpc) is 3.47. The summed E-state index contributed by atoms with van der Waals surface area (Å²) in [5.74, 6) is -2.04. The predicted octanol–water partition coefficient (Wildman–Crippen LogP) is 4.58. The van der Waals surface area contributed by atoms with E-state index in [0.29, 0.717) is 28.7 Å². The van der Waals surface area contributed by atoms with Crippen LogP contribution in [0.3, 0.4) is 0 Å². The molecule has 1 atom stereocenters. The average molecular weight is 545 g/mol. The number of rotatable bonds is 5. The molecule has 2 saturated heterocycles. The topological polar surface area (TPSA) is 81.5 Å². The number of hydrogen-bond acceptors (Lipinski definition) is 6. The van der Waals surface area contributed by atoms with Gasteiger partial charge in [0.2, 0.25) is 11.9 Å². The minimum absolute atomic E-state index is 0.288. The highest BCUT2D eigenvalue weighted by atomic mass is 19.4. The molecule has 2 aliphatic heterocycles. The van der Waals surface area contributed by atoms with Crippen LogP contribution in [0.15, 0.2) is 42.5 Å². The third-order valence-corrected chi connectivity index (χ3v) is 7.55. The van der Waals surface area contributed by atoms with Crippen LogP contribution in [-0.4, -0.2) is 51.7 Å². The molecule has 0 radical (unpaired) electrons. The van der Waals surface area contributed by atoms with Crippen molar-refractivity contribution < 1.29 is 31.7 Å². The molecule has 0 spiro atoms. The maximum absolute atomic E-state index is 15.0. The maximum Gasteiger partial charge on any atom is 0.497 e. The van der Waals surface area contributed by atoms with Crippen LogP contribution in [0.25, 0.3) is 11.4 Å². The summed E-state index contributed by atoms with van der Waals surface area (Å²) in [5, 5.41) is 7.42. The van der Waals surface area contributed by atoms with E-state index in [9.17, 15) is 18.0 Å². The quantitative estimate of drug-likeness (QED) is 0.374. The zero-order valence-corrected chi connectivity index (χ0v) is 22.1. The Hall–Kier alpha value is -3.45. The van der Waals surface area contributed by atoms with Crippen LogP contribution in [0, 0.1) is 11.7 Å².